The molecule has 0 radical (unpaired) electrons. The Hall–Kier alpha value is -1.55. The van der Waals surface area contributed by atoms with E-state index in [-0.39, 0.29) is 18.8 Å². The van der Waals surface area contributed by atoms with Gasteiger partial charge in [0.1, 0.15) is 5.75 Å². The summed E-state index contributed by atoms with van der Waals surface area (Å²) in [5.74, 6) is -0.428. The first kappa shape index (κ1) is 14.5. The molecule has 0 fully saturated rings. The van der Waals surface area contributed by atoms with E-state index < -0.39 is 11.5 Å². The molecule has 0 amide bonds. The van der Waals surface area contributed by atoms with Crippen LogP contribution >= 0.6 is 11.6 Å². The number of esters is 2. The van der Waals surface area contributed by atoms with Crippen molar-refractivity contribution < 1.29 is 19.1 Å². The third kappa shape index (κ3) is 4.75. The fraction of sp³-hybridized carbons (Fsp3) is 0.385. The minimum Gasteiger partial charge on any atom is -0.446 e. The lowest BCUT2D eigenvalue weighted by Gasteiger charge is -2.10. The van der Waals surface area contributed by atoms with Gasteiger partial charge in [-0.05, 0) is 13.0 Å². The number of carbonyl (C=O) groups is 2. The summed E-state index contributed by atoms with van der Waals surface area (Å²) in [4.78, 5) is 22.7. The molecule has 0 saturated heterocycles. The number of halogens is 1. The van der Waals surface area contributed by atoms with E-state index in [0.29, 0.717) is 11.3 Å². The highest BCUT2D eigenvalue weighted by atomic mass is 35.5. The second-order valence-corrected chi connectivity index (χ2v) is 4.26. The lowest BCUT2D eigenvalue weighted by Crippen LogP contribution is -2.14. The molecule has 0 aliphatic carbocycles. The summed E-state index contributed by atoms with van der Waals surface area (Å²) >= 11 is 5.56. The van der Waals surface area contributed by atoms with Crippen LogP contribution in [0.3, 0.4) is 0 Å². The Morgan fingerprint density at radius 1 is 1.28 bits per heavy atom. The Balaban J connectivity index is 2.76. The predicted octanol–water partition coefficient (Wildman–Crippen LogP) is 2.67. The van der Waals surface area contributed by atoms with Crippen molar-refractivity contribution in [2.45, 2.75) is 32.3 Å². The van der Waals surface area contributed by atoms with Gasteiger partial charge in [0.2, 0.25) is 0 Å². The molecule has 0 spiro atoms. The maximum Gasteiger partial charge on any atom is 0.311 e. The molecular formula is C13H15ClO4. The molecule has 98 valence electrons. The first-order valence-electron chi connectivity index (χ1n) is 5.65. The first-order chi connectivity index (χ1) is 8.52. The van der Waals surface area contributed by atoms with Crippen molar-refractivity contribution in [3.63, 3.8) is 0 Å². The van der Waals surface area contributed by atoms with Crippen LogP contribution < -0.4 is 4.74 Å². The lowest BCUT2D eigenvalue weighted by molar-refractivity contribution is -0.144. The van der Waals surface area contributed by atoms with Gasteiger partial charge >= 0.3 is 11.9 Å². The number of hydrogen-bond donors (Lipinski definition) is 0. The van der Waals surface area contributed by atoms with Crippen LogP contribution in [-0.4, -0.2) is 17.5 Å². The Morgan fingerprint density at radius 2 is 1.94 bits per heavy atom. The predicted molar refractivity (Wildman–Crippen MR) is 67.5 cm³/mol. The van der Waals surface area contributed by atoms with Gasteiger partial charge in [-0.1, -0.05) is 36.7 Å². The highest BCUT2D eigenvalue weighted by molar-refractivity contribution is 6.19. The highest BCUT2D eigenvalue weighted by Gasteiger charge is 2.13. The molecule has 5 heteroatoms. The molecule has 0 aliphatic rings. The Morgan fingerprint density at radius 3 is 2.56 bits per heavy atom. The third-order valence-electron chi connectivity index (χ3n) is 2.11. The monoisotopic (exact) mass is 270 g/mol. The Kier molecular flexibility index (Phi) is 5.65. The fourth-order valence-electron chi connectivity index (χ4n) is 1.32. The molecule has 0 N–H and O–H groups in total. The molecule has 0 aromatic heterocycles. The number of alkyl halides is 1. The number of ether oxygens (including phenoxy) is 2. The second-order valence-electron chi connectivity index (χ2n) is 3.64. The van der Waals surface area contributed by atoms with E-state index >= 15 is 0 Å². The van der Waals surface area contributed by atoms with E-state index in [1.807, 2.05) is 0 Å². The van der Waals surface area contributed by atoms with Crippen LogP contribution in [0.5, 0.6) is 5.75 Å². The summed E-state index contributed by atoms with van der Waals surface area (Å²) in [6, 6.07) is 6.84. The minimum atomic E-state index is -0.678. The van der Waals surface area contributed by atoms with Gasteiger partial charge in [-0.2, -0.15) is 0 Å². The topological polar surface area (TPSA) is 52.6 Å². The van der Waals surface area contributed by atoms with Gasteiger partial charge in [0.25, 0.3) is 0 Å². The van der Waals surface area contributed by atoms with Crippen molar-refractivity contribution >= 4 is 23.5 Å². The smallest absolute Gasteiger partial charge is 0.311 e. The quantitative estimate of drug-likeness (QED) is 0.469. The van der Waals surface area contributed by atoms with E-state index in [0.717, 1.165) is 0 Å². The zero-order valence-corrected chi connectivity index (χ0v) is 11.1. The summed E-state index contributed by atoms with van der Waals surface area (Å²) in [5.41, 5.74) is -0.0792. The number of rotatable bonds is 5. The second kappa shape index (κ2) is 7.01. The zero-order valence-electron chi connectivity index (χ0n) is 10.3. The number of para-hydroxylation sites is 1. The van der Waals surface area contributed by atoms with Crippen LogP contribution in [0.25, 0.3) is 0 Å². The fourth-order valence-corrected chi connectivity index (χ4v) is 1.42. The normalized spacial score (nSPS) is 11.7. The van der Waals surface area contributed by atoms with E-state index in [9.17, 15) is 9.59 Å². The maximum atomic E-state index is 11.5. The van der Waals surface area contributed by atoms with Crippen LogP contribution in [0.4, 0.5) is 0 Å². The van der Waals surface area contributed by atoms with Gasteiger partial charge in [0, 0.05) is 12.0 Å². The van der Waals surface area contributed by atoms with Crippen molar-refractivity contribution in [3.05, 3.63) is 29.8 Å². The summed E-state index contributed by atoms with van der Waals surface area (Å²) < 4.78 is 9.95. The molecule has 1 unspecified atom stereocenters. The Labute approximate surface area is 111 Å². The number of carbonyl (C=O) groups excluding carboxylic acids is 2. The molecule has 1 aromatic carbocycles. The number of hydrogen-bond acceptors (Lipinski definition) is 4. The molecule has 0 saturated carbocycles. The highest BCUT2D eigenvalue weighted by Crippen LogP contribution is 2.19. The maximum absolute atomic E-state index is 11.5. The first-order valence-corrected chi connectivity index (χ1v) is 6.08. The molecule has 0 aliphatic heterocycles. The molecular weight excluding hydrogens is 256 g/mol. The summed E-state index contributed by atoms with van der Waals surface area (Å²) in [7, 11) is 0. The van der Waals surface area contributed by atoms with Crippen LogP contribution in [0.1, 0.15) is 25.8 Å². The Bertz CT molecular complexity index is 429. The van der Waals surface area contributed by atoms with Crippen molar-refractivity contribution in [2.24, 2.45) is 0 Å². The molecule has 0 bridgehead atoms. The molecule has 1 atom stereocenters. The van der Waals surface area contributed by atoms with Gasteiger partial charge in [0.15, 0.2) is 5.56 Å². The number of benzene rings is 1. The van der Waals surface area contributed by atoms with Crippen molar-refractivity contribution in [3.8, 4) is 5.75 Å². The van der Waals surface area contributed by atoms with Crippen molar-refractivity contribution in [1.82, 2.24) is 0 Å². The molecule has 18 heavy (non-hydrogen) atoms. The molecule has 1 rings (SSSR count). The summed E-state index contributed by atoms with van der Waals surface area (Å²) in [5, 5.41) is 0. The van der Waals surface area contributed by atoms with E-state index in [4.69, 9.17) is 21.1 Å². The van der Waals surface area contributed by atoms with Crippen molar-refractivity contribution in [1.29, 1.82) is 0 Å². The van der Waals surface area contributed by atoms with E-state index in [2.05, 4.69) is 0 Å². The largest absolute Gasteiger partial charge is 0.446 e. The van der Waals surface area contributed by atoms with Crippen LogP contribution in [0.2, 0.25) is 0 Å². The van der Waals surface area contributed by atoms with Crippen LogP contribution in [-0.2, 0) is 20.7 Å². The van der Waals surface area contributed by atoms with Crippen LogP contribution in [0.15, 0.2) is 24.3 Å². The summed E-state index contributed by atoms with van der Waals surface area (Å²) in [6.45, 7) is 3.26. The average molecular weight is 271 g/mol. The average Bonchev–Trinajstić information content (AvgIpc) is 2.30. The SMILES string of the molecule is CCC(=O)Oc1ccccc1CC(=O)OC(C)Cl. The molecule has 4 nitrogen and oxygen atoms in total. The van der Waals surface area contributed by atoms with Gasteiger partial charge in [-0.3, -0.25) is 9.59 Å². The third-order valence-corrected chi connectivity index (χ3v) is 2.20. The molecule has 0 heterocycles. The van der Waals surface area contributed by atoms with E-state index in [1.54, 1.807) is 38.1 Å². The van der Waals surface area contributed by atoms with Gasteiger partial charge in [-0.15, -0.1) is 0 Å². The van der Waals surface area contributed by atoms with Crippen molar-refractivity contribution in [2.75, 3.05) is 0 Å². The molecule has 1 aromatic rings. The zero-order chi connectivity index (χ0) is 13.5. The van der Waals surface area contributed by atoms with Gasteiger partial charge < -0.3 is 9.47 Å². The van der Waals surface area contributed by atoms with Gasteiger partial charge in [-0.25, -0.2) is 0 Å². The van der Waals surface area contributed by atoms with E-state index in [1.165, 1.54) is 0 Å². The minimum absolute atomic E-state index is 0.0181. The lowest BCUT2D eigenvalue weighted by atomic mass is 10.1. The summed E-state index contributed by atoms with van der Waals surface area (Å²) in [6.07, 6.45) is 0.293. The van der Waals surface area contributed by atoms with Gasteiger partial charge in [0.05, 0.1) is 6.42 Å². The van der Waals surface area contributed by atoms with Crippen LogP contribution in [0, 0.1) is 0 Å². The standard InChI is InChI=1S/C13H15ClO4/c1-3-12(15)18-11-7-5-4-6-10(11)8-13(16)17-9(2)14/h4-7,9H,3,8H2,1-2H3.